The van der Waals surface area contributed by atoms with E-state index in [2.05, 4.69) is 24.5 Å². The molecule has 0 aliphatic carbocycles. The molecule has 0 heterocycles. The lowest BCUT2D eigenvalue weighted by Gasteiger charge is -2.15. The van der Waals surface area contributed by atoms with E-state index in [1.807, 2.05) is 24.3 Å². The van der Waals surface area contributed by atoms with Crippen molar-refractivity contribution in [3.8, 4) is 5.75 Å². The highest BCUT2D eigenvalue weighted by atomic mass is 16.5. The van der Waals surface area contributed by atoms with Gasteiger partial charge in [-0.2, -0.15) is 0 Å². The van der Waals surface area contributed by atoms with Gasteiger partial charge < -0.3 is 20.1 Å². The molecular weight excluding hydrogens is 296 g/mol. The SMILES string of the molecule is CCOC(=O)NCCNC(=O)C(C)Oc1ccc(C(C)C)cc1. The molecule has 1 atom stereocenters. The first-order valence-electron chi connectivity index (χ1n) is 7.89. The smallest absolute Gasteiger partial charge is 0.407 e. The van der Waals surface area contributed by atoms with Crippen LogP contribution in [0.25, 0.3) is 0 Å². The molecule has 128 valence electrons. The van der Waals surface area contributed by atoms with Gasteiger partial charge in [0.25, 0.3) is 5.91 Å². The summed E-state index contributed by atoms with van der Waals surface area (Å²) in [6.07, 6.45) is -1.10. The van der Waals surface area contributed by atoms with Gasteiger partial charge in [-0.05, 0) is 37.5 Å². The minimum atomic E-state index is -0.609. The molecular formula is C17H26N2O4. The quantitative estimate of drug-likeness (QED) is 0.721. The summed E-state index contributed by atoms with van der Waals surface area (Å²) >= 11 is 0. The molecule has 23 heavy (non-hydrogen) atoms. The standard InChI is InChI=1S/C17H26N2O4/c1-5-22-17(21)19-11-10-18-16(20)13(4)23-15-8-6-14(7-9-15)12(2)3/h6-9,12-13H,5,10-11H2,1-4H3,(H,18,20)(H,19,21). The van der Waals surface area contributed by atoms with E-state index in [1.165, 1.54) is 5.56 Å². The van der Waals surface area contributed by atoms with Crippen LogP contribution in [0.15, 0.2) is 24.3 Å². The van der Waals surface area contributed by atoms with Crippen molar-refractivity contribution in [1.29, 1.82) is 0 Å². The van der Waals surface area contributed by atoms with E-state index >= 15 is 0 Å². The molecule has 0 bridgehead atoms. The first-order valence-corrected chi connectivity index (χ1v) is 7.89. The molecule has 1 rings (SSSR count). The van der Waals surface area contributed by atoms with Gasteiger partial charge in [0.05, 0.1) is 6.61 Å². The van der Waals surface area contributed by atoms with Crippen LogP contribution in [0.2, 0.25) is 0 Å². The number of carbonyl (C=O) groups excluding carboxylic acids is 2. The number of amides is 2. The van der Waals surface area contributed by atoms with Crippen LogP contribution in [0, 0.1) is 0 Å². The van der Waals surface area contributed by atoms with Crippen LogP contribution in [0.3, 0.4) is 0 Å². The maximum Gasteiger partial charge on any atom is 0.407 e. The Balaban J connectivity index is 2.32. The summed E-state index contributed by atoms with van der Waals surface area (Å²) < 4.78 is 10.3. The number of nitrogens with one attached hydrogen (secondary N) is 2. The monoisotopic (exact) mass is 322 g/mol. The van der Waals surface area contributed by atoms with Crippen molar-refractivity contribution >= 4 is 12.0 Å². The van der Waals surface area contributed by atoms with Gasteiger partial charge in [-0.3, -0.25) is 4.79 Å². The van der Waals surface area contributed by atoms with E-state index in [0.29, 0.717) is 31.4 Å². The second-order valence-electron chi connectivity index (χ2n) is 5.42. The minimum Gasteiger partial charge on any atom is -0.481 e. The van der Waals surface area contributed by atoms with E-state index in [-0.39, 0.29) is 5.91 Å². The Bertz CT molecular complexity index is 500. The number of alkyl carbamates (subject to hydrolysis) is 1. The third-order valence-electron chi connectivity index (χ3n) is 3.20. The fourth-order valence-corrected chi connectivity index (χ4v) is 1.87. The highest BCUT2D eigenvalue weighted by Crippen LogP contribution is 2.19. The molecule has 0 spiro atoms. The summed E-state index contributed by atoms with van der Waals surface area (Å²) in [5, 5.41) is 5.22. The Kier molecular flexibility index (Phi) is 7.94. The summed E-state index contributed by atoms with van der Waals surface area (Å²) in [6, 6.07) is 7.71. The fourth-order valence-electron chi connectivity index (χ4n) is 1.87. The largest absolute Gasteiger partial charge is 0.481 e. The Hall–Kier alpha value is -2.24. The van der Waals surface area contributed by atoms with Crippen molar-refractivity contribution in [2.75, 3.05) is 19.7 Å². The van der Waals surface area contributed by atoms with E-state index in [9.17, 15) is 9.59 Å². The second kappa shape index (κ2) is 9.71. The van der Waals surface area contributed by atoms with E-state index in [1.54, 1.807) is 13.8 Å². The molecule has 2 amide bonds. The lowest BCUT2D eigenvalue weighted by atomic mass is 10.0. The first kappa shape index (κ1) is 18.8. The maximum absolute atomic E-state index is 11.9. The molecule has 0 aromatic heterocycles. The normalized spacial score (nSPS) is 11.7. The van der Waals surface area contributed by atoms with Gasteiger partial charge in [0.1, 0.15) is 5.75 Å². The highest BCUT2D eigenvalue weighted by Gasteiger charge is 2.14. The van der Waals surface area contributed by atoms with Crippen LogP contribution < -0.4 is 15.4 Å². The molecule has 0 radical (unpaired) electrons. The Morgan fingerprint density at radius 2 is 1.65 bits per heavy atom. The Morgan fingerprint density at radius 1 is 1.04 bits per heavy atom. The summed E-state index contributed by atoms with van der Waals surface area (Å²) in [4.78, 5) is 23.0. The molecule has 0 fully saturated rings. The predicted molar refractivity (Wildman–Crippen MR) is 88.7 cm³/mol. The van der Waals surface area contributed by atoms with Crippen LogP contribution >= 0.6 is 0 Å². The van der Waals surface area contributed by atoms with E-state index in [4.69, 9.17) is 9.47 Å². The van der Waals surface area contributed by atoms with Gasteiger partial charge in [0.15, 0.2) is 6.10 Å². The first-order chi connectivity index (χ1) is 10.9. The third kappa shape index (κ3) is 7.04. The van der Waals surface area contributed by atoms with Crippen molar-refractivity contribution < 1.29 is 19.1 Å². The average molecular weight is 322 g/mol. The molecule has 0 saturated carbocycles. The predicted octanol–water partition coefficient (Wildman–Crippen LogP) is 2.44. The molecule has 6 nitrogen and oxygen atoms in total. The molecule has 0 aliphatic rings. The lowest BCUT2D eigenvalue weighted by Crippen LogP contribution is -2.40. The molecule has 1 unspecified atom stereocenters. The Labute approximate surface area is 137 Å². The molecule has 0 saturated heterocycles. The summed E-state index contributed by atoms with van der Waals surface area (Å²) in [5.74, 6) is 0.877. The summed E-state index contributed by atoms with van der Waals surface area (Å²) in [7, 11) is 0. The number of carbonyl (C=O) groups is 2. The topological polar surface area (TPSA) is 76.7 Å². The third-order valence-corrected chi connectivity index (χ3v) is 3.20. The zero-order valence-corrected chi connectivity index (χ0v) is 14.2. The van der Waals surface area contributed by atoms with Crippen LogP contribution in [-0.4, -0.2) is 37.8 Å². The molecule has 6 heteroatoms. The highest BCUT2D eigenvalue weighted by molar-refractivity contribution is 5.80. The van der Waals surface area contributed by atoms with Gasteiger partial charge in [-0.25, -0.2) is 4.79 Å². The summed E-state index contributed by atoms with van der Waals surface area (Å²) in [6.45, 7) is 8.60. The van der Waals surface area contributed by atoms with Crippen LogP contribution in [0.4, 0.5) is 4.79 Å². The molecule has 1 aromatic carbocycles. The number of rotatable bonds is 8. The van der Waals surface area contributed by atoms with Crippen LogP contribution in [0.5, 0.6) is 5.75 Å². The average Bonchev–Trinajstić information content (AvgIpc) is 2.52. The summed E-state index contributed by atoms with van der Waals surface area (Å²) in [5.41, 5.74) is 1.22. The lowest BCUT2D eigenvalue weighted by molar-refractivity contribution is -0.127. The number of hydrogen-bond donors (Lipinski definition) is 2. The van der Waals surface area contributed by atoms with Gasteiger partial charge in [0, 0.05) is 13.1 Å². The maximum atomic E-state index is 11.9. The van der Waals surface area contributed by atoms with Crippen LogP contribution in [-0.2, 0) is 9.53 Å². The van der Waals surface area contributed by atoms with Crippen molar-refractivity contribution in [1.82, 2.24) is 10.6 Å². The zero-order valence-electron chi connectivity index (χ0n) is 14.2. The van der Waals surface area contributed by atoms with Crippen molar-refractivity contribution in [2.24, 2.45) is 0 Å². The number of ether oxygens (including phenoxy) is 2. The minimum absolute atomic E-state index is 0.233. The van der Waals surface area contributed by atoms with Crippen LogP contribution in [0.1, 0.15) is 39.2 Å². The number of hydrogen-bond acceptors (Lipinski definition) is 4. The van der Waals surface area contributed by atoms with Gasteiger partial charge >= 0.3 is 6.09 Å². The van der Waals surface area contributed by atoms with E-state index < -0.39 is 12.2 Å². The zero-order chi connectivity index (χ0) is 17.2. The molecule has 1 aromatic rings. The molecule has 2 N–H and O–H groups in total. The van der Waals surface area contributed by atoms with Gasteiger partial charge in [-0.1, -0.05) is 26.0 Å². The Morgan fingerprint density at radius 3 is 2.22 bits per heavy atom. The fraction of sp³-hybridized carbons (Fsp3) is 0.529. The van der Waals surface area contributed by atoms with Crippen molar-refractivity contribution in [3.05, 3.63) is 29.8 Å². The van der Waals surface area contributed by atoms with Gasteiger partial charge in [0.2, 0.25) is 0 Å². The van der Waals surface area contributed by atoms with Gasteiger partial charge in [-0.15, -0.1) is 0 Å². The second-order valence-corrected chi connectivity index (χ2v) is 5.42. The molecule has 0 aliphatic heterocycles. The van der Waals surface area contributed by atoms with Crippen molar-refractivity contribution in [3.63, 3.8) is 0 Å². The van der Waals surface area contributed by atoms with Crippen molar-refractivity contribution in [2.45, 2.75) is 39.7 Å². The van der Waals surface area contributed by atoms with E-state index in [0.717, 1.165) is 0 Å². The number of benzene rings is 1.